The Morgan fingerprint density at radius 1 is 1.21 bits per heavy atom. The standard InChI is InChI=1S/C15H15NO2S/c16-8-1-2-13-7-9-19-15(13)11-18-14-5-3-12(10-17)4-6-14/h3-7,9,17H,8,10-11,16H2. The van der Waals surface area contributed by atoms with E-state index in [9.17, 15) is 0 Å². The third kappa shape index (κ3) is 3.83. The lowest BCUT2D eigenvalue weighted by Crippen LogP contribution is -1.96. The van der Waals surface area contributed by atoms with Crippen molar-refractivity contribution in [3.63, 3.8) is 0 Å². The molecule has 1 aromatic heterocycles. The zero-order valence-electron chi connectivity index (χ0n) is 10.4. The highest BCUT2D eigenvalue weighted by molar-refractivity contribution is 7.10. The molecular formula is C15H15NO2S. The van der Waals surface area contributed by atoms with E-state index in [0.29, 0.717) is 13.2 Å². The second-order valence-electron chi connectivity index (χ2n) is 3.85. The van der Waals surface area contributed by atoms with Gasteiger partial charge in [-0.3, -0.25) is 0 Å². The summed E-state index contributed by atoms with van der Waals surface area (Å²) >= 11 is 1.62. The minimum Gasteiger partial charge on any atom is -0.488 e. The van der Waals surface area contributed by atoms with Crippen LogP contribution in [0.5, 0.6) is 5.75 Å². The van der Waals surface area contributed by atoms with Gasteiger partial charge >= 0.3 is 0 Å². The number of nitrogens with two attached hydrogens (primary N) is 1. The molecule has 2 rings (SSSR count). The first-order valence-corrected chi connectivity index (χ1v) is 6.79. The van der Waals surface area contributed by atoms with E-state index in [1.807, 2.05) is 35.7 Å². The molecule has 0 bridgehead atoms. The van der Waals surface area contributed by atoms with E-state index in [-0.39, 0.29) is 6.61 Å². The Kier molecular flexibility index (Phi) is 4.99. The van der Waals surface area contributed by atoms with E-state index >= 15 is 0 Å². The van der Waals surface area contributed by atoms with Crippen molar-refractivity contribution in [1.29, 1.82) is 0 Å². The third-order valence-electron chi connectivity index (χ3n) is 2.55. The molecule has 0 amide bonds. The second kappa shape index (κ2) is 6.95. The summed E-state index contributed by atoms with van der Waals surface area (Å²) in [5, 5.41) is 11.0. The van der Waals surface area contributed by atoms with Crippen molar-refractivity contribution in [2.24, 2.45) is 5.73 Å². The number of thiophene rings is 1. The van der Waals surface area contributed by atoms with E-state index < -0.39 is 0 Å². The predicted octanol–water partition coefficient (Wildman–Crippen LogP) is 2.13. The van der Waals surface area contributed by atoms with E-state index in [4.69, 9.17) is 15.6 Å². The maximum atomic E-state index is 8.96. The summed E-state index contributed by atoms with van der Waals surface area (Å²) in [5.74, 6) is 6.66. The van der Waals surface area contributed by atoms with E-state index in [1.165, 1.54) is 0 Å². The lowest BCUT2D eigenvalue weighted by molar-refractivity contribution is 0.281. The van der Waals surface area contributed by atoms with E-state index in [0.717, 1.165) is 21.8 Å². The monoisotopic (exact) mass is 273 g/mol. The summed E-state index contributed by atoms with van der Waals surface area (Å²) in [5.41, 5.74) is 7.21. The molecule has 0 spiro atoms. The Bertz CT molecular complexity index is 578. The van der Waals surface area contributed by atoms with Crippen LogP contribution >= 0.6 is 11.3 Å². The minimum absolute atomic E-state index is 0.0457. The van der Waals surface area contributed by atoms with E-state index in [2.05, 4.69) is 11.8 Å². The van der Waals surface area contributed by atoms with Crippen LogP contribution in [0.4, 0.5) is 0 Å². The van der Waals surface area contributed by atoms with Gasteiger partial charge in [-0.1, -0.05) is 24.0 Å². The molecule has 3 nitrogen and oxygen atoms in total. The van der Waals surface area contributed by atoms with Gasteiger partial charge in [-0.25, -0.2) is 0 Å². The number of benzene rings is 1. The quantitative estimate of drug-likeness (QED) is 0.839. The molecule has 3 N–H and O–H groups in total. The summed E-state index contributed by atoms with van der Waals surface area (Å²) in [7, 11) is 0. The van der Waals surface area contributed by atoms with Gasteiger partial charge in [0.05, 0.1) is 18.0 Å². The van der Waals surface area contributed by atoms with Crippen molar-refractivity contribution in [2.45, 2.75) is 13.2 Å². The summed E-state index contributed by atoms with van der Waals surface area (Å²) < 4.78 is 5.70. The molecule has 1 aromatic carbocycles. The van der Waals surface area contributed by atoms with Gasteiger partial charge in [0.2, 0.25) is 0 Å². The predicted molar refractivity (Wildman–Crippen MR) is 76.9 cm³/mol. The topological polar surface area (TPSA) is 55.5 Å². The second-order valence-corrected chi connectivity index (χ2v) is 4.85. The minimum atomic E-state index is 0.0457. The Hall–Kier alpha value is -1.80. The van der Waals surface area contributed by atoms with E-state index in [1.54, 1.807) is 11.3 Å². The van der Waals surface area contributed by atoms with Crippen LogP contribution in [0.15, 0.2) is 35.7 Å². The summed E-state index contributed by atoms with van der Waals surface area (Å²) in [6.45, 7) is 0.896. The summed E-state index contributed by atoms with van der Waals surface area (Å²) in [6, 6.07) is 9.37. The van der Waals surface area contributed by atoms with Crippen LogP contribution in [0.3, 0.4) is 0 Å². The molecule has 0 aliphatic carbocycles. The first-order valence-electron chi connectivity index (χ1n) is 5.91. The molecule has 0 atom stereocenters. The van der Waals surface area contributed by atoms with Gasteiger partial charge in [0.25, 0.3) is 0 Å². The maximum absolute atomic E-state index is 8.96. The number of ether oxygens (including phenoxy) is 1. The van der Waals surface area contributed by atoms with Gasteiger partial charge in [0.15, 0.2) is 0 Å². The number of aliphatic hydroxyl groups is 1. The zero-order chi connectivity index (χ0) is 13.5. The SMILES string of the molecule is NCC#Cc1ccsc1COc1ccc(CO)cc1. The van der Waals surface area contributed by atoms with Crippen molar-refractivity contribution in [2.75, 3.05) is 6.54 Å². The molecule has 2 aromatic rings. The largest absolute Gasteiger partial charge is 0.488 e. The Morgan fingerprint density at radius 2 is 2.00 bits per heavy atom. The number of aliphatic hydroxyl groups excluding tert-OH is 1. The molecule has 0 aliphatic heterocycles. The van der Waals surface area contributed by atoms with Gasteiger partial charge in [-0.05, 0) is 29.1 Å². The molecule has 98 valence electrons. The highest BCUT2D eigenvalue weighted by Crippen LogP contribution is 2.19. The van der Waals surface area contributed by atoms with Crippen molar-refractivity contribution in [3.05, 3.63) is 51.7 Å². The van der Waals surface area contributed by atoms with Crippen molar-refractivity contribution < 1.29 is 9.84 Å². The van der Waals surface area contributed by atoms with Gasteiger partial charge in [-0.15, -0.1) is 11.3 Å². The van der Waals surface area contributed by atoms with Crippen molar-refractivity contribution in [1.82, 2.24) is 0 Å². The maximum Gasteiger partial charge on any atom is 0.124 e. The summed E-state index contributed by atoms with van der Waals surface area (Å²) in [4.78, 5) is 1.09. The van der Waals surface area contributed by atoms with Crippen LogP contribution in [0.1, 0.15) is 16.0 Å². The Morgan fingerprint density at radius 3 is 2.68 bits per heavy atom. The van der Waals surface area contributed by atoms with Crippen molar-refractivity contribution >= 4 is 11.3 Å². The first-order chi connectivity index (χ1) is 9.33. The zero-order valence-corrected chi connectivity index (χ0v) is 11.2. The fourth-order valence-electron chi connectivity index (χ4n) is 1.55. The van der Waals surface area contributed by atoms with Crippen LogP contribution in [0.2, 0.25) is 0 Å². The molecule has 0 saturated carbocycles. The average molecular weight is 273 g/mol. The molecule has 0 radical (unpaired) electrons. The van der Waals surface area contributed by atoms with Crippen molar-refractivity contribution in [3.8, 4) is 17.6 Å². The smallest absolute Gasteiger partial charge is 0.124 e. The number of hydrogen-bond acceptors (Lipinski definition) is 4. The van der Waals surface area contributed by atoms with Gasteiger partial charge in [0.1, 0.15) is 12.4 Å². The molecule has 0 unspecified atom stereocenters. The fraction of sp³-hybridized carbons (Fsp3) is 0.200. The number of rotatable bonds is 4. The third-order valence-corrected chi connectivity index (χ3v) is 3.44. The normalized spacial score (nSPS) is 9.79. The lowest BCUT2D eigenvalue weighted by Gasteiger charge is -2.05. The average Bonchev–Trinajstić information content (AvgIpc) is 2.91. The van der Waals surface area contributed by atoms with Crippen LogP contribution in [0.25, 0.3) is 0 Å². The highest BCUT2D eigenvalue weighted by atomic mass is 32.1. The van der Waals surface area contributed by atoms with Gasteiger partial charge < -0.3 is 15.6 Å². The van der Waals surface area contributed by atoms with Crippen LogP contribution < -0.4 is 10.5 Å². The lowest BCUT2D eigenvalue weighted by atomic mass is 10.2. The molecule has 0 fully saturated rings. The first kappa shape index (κ1) is 13.6. The Labute approximate surface area is 116 Å². The molecule has 1 heterocycles. The molecule has 0 saturated heterocycles. The highest BCUT2D eigenvalue weighted by Gasteiger charge is 2.03. The van der Waals surface area contributed by atoms with Crippen LogP contribution in [0, 0.1) is 11.8 Å². The Balaban J connectivity index is 2.00. The fourth-order valence-corrected chi connectivity index (χ4v) is 2.29. The summed E-state index contributed by atoms with van der Waals surface area (Å²) in [6.07, 6.45) is 0. The van der Waals surface area contributed by atoms with Gasteiger partial charge in [-0.2, -0.15) is 0 Å². The molecule has 0 aliphatic rings. The number of hydrogen-bond donors (Lipinski definition) is 2. The molecular weight excluding hydrogens is 258 g/mol. The van der Waals surface area contributed by atoms with Gasteiger partial charge in [0, 0.05) is 5.56 Å². The van der Waals surface area contributed by atoms with Crippen LogP contribution in [-0.4, -0.2) is 11.7 Å². The molecule has 19 heavy (non-hydrogen) atoms. The molecule has 4 heteroatoms. The van der Waals surface area contributed by atoms with Crippen LogP contribution in [-0.2, 0) is 13.2 Å².